The van der Waals surface area contributed by atoms with E-state index in [0.29, 0.717) is 23.9 Å². The summed E-state index contributed by atoms with van der Waals surface area (Å²) in [6, 6.07) is 5.48. The van der Waals surface area contributed by atoms with Crippen LogP contribution in [0.2, 0.25) is 0 Å². The Hall–Kier alpha value is -2.53. The van der Waals surface area contributed by atoms with Gasteiger partial charge in [0.25, 0.3) is 0 Å². The molecule has 1 aliphatic rings. The van der Waals surface area contributed by atoms with Crippen LogP contribution in [0.25, 0.3) is 22.0 Å². The smallest absolute Gasteiger partial charge is 0.347 e. The average molecular weight is 547 g/mol. The quantitative estimate of drug-likeness (QED) is 0.328. The highest BCUT2D eigenvalue weighted by Crippen LogP contribution is 2.43. The van der Waals surface area contributed by atoms with Gasteiger partial charge in [-0.3, -0.25) is 0 Å². The third-order valence-electron chi connectivity index (χ3n) is 6.31. The van der Waals surface area contributed by atoms with Crippen molar-refractivity contribution in [2.75, 3.05) is 0 Å². The van der Waals surface area contributed by atoms with Crippen molar-refractivity contribution in [1.29, 1.82) is 0 Å². The van der Waals surface area contributed by atoms with Gasteiger partial charge >= 0.3 is 12.4 Å². The molecule has 1 heterocycles. The Morgan fingerprint density at radius 2 is 1.68 bits per heavy atom. The van der Waals surface area contributed by atoms with E-state index in [1.165, 1.54) is 30.5 Å². The number of halogens is 6. The number of aromatic nitrogens is 1. The van der Waals surface area contributed by atoms with Crippen LogP contribution in [0.3, 0.4) is 0 Å². The second kappa shape index (κ2) is 9.04. The van der Waals surface area contributed by atoms with E-state index in [1.807, 2.05) is 25.5 Å². The van der Waals surface area contributed by atoms with Gasteiger partial charge in [0, 0.05) is 29.2 Å². The Labute approximate surface area is 211 Å². The molecular formula is C26H28F6N2O2S. The van der Waals surface area contributed by atoms with Crippen molar-refractivity contribution in [2.45, 2.75) is 70.7 Å². The van der Waals surface area contributed by atoms with E-state index in [2.05, 4.69) is 0 Å². The lowest BCUT2D eigenvalue weighted by Gasteiger charge is -2.22. The topological polar surface area (TPSA) is 51.1 Å². The number of rotatable bonds is 6. The number of benzene rings is 2. The van der Waals surface area contributed by atoms with E-state index in [1.54, 1.807) is 17.6 Å². The summed E-state index contributed by atoms with van der Waals surface area (Å²) < 4.78 is 112. The normalized spacial score (nSPS) is 16.4. The van der Waals surface area contributed by atoms with Crippen LogP contribution in [0.1, 0.15) is 56.3 Å². The van der Waals surface area contributed by atoms with Gasteiger partial charge in [-0.1, -0.05) is 45.0 Å². The minimum absolute atomic E-state index is 0.0521. The van der Waals surface area contributed by atoms with Crippen LogP contribution in [0.15, 0.2) is 42.6 Å². The first kappa shape index (κ1) is 27.5. The fourth-order valence-electron chi connectivity index (χ4n) is 4.58. The first-order valence-electron chi connectivity index (χ1n) is 11.8. The molecule has 1 saturated carbocycles. The maximum atomic E-state index is 14.2. The second-order valence-corrected chi connectivity index (χ2v) is 12.8. The van der Waals surface area contributed by atoms with Crippen molar-refractivity contribution < 1.29 is 34.8 Å². The molecule has 0 saturated heterocycles. The van der Waals surface area contributed by atoms with E-state index >= 15 is 0 Å². The van der Waals surface area contributed by atoms with E-state index in [-0.39, 0.29) is 34.0 Å². The zero-order valence-electron chi connectivity index (χ0n) is 20.8. The third kappa shape index (κ3) is 5.82. The van der Waals surface area contributed by atoms with Crippen LogP contribution in [0, 0.1) is 12.3 Å². The minimum atomic E-state index is -4.93. The fourth-order valence-corrected chi connectivity index (χ4v) is 6.12. The summed E-state index contributed by atoms with van der Waals surface area (Å²) in [6.45, 7) is 7.43. The molecule has 37 heavy (non-hydrogen) atoms. The molecule has 1 fully saturated rings. The van der Waals surface area contributed by atoms with E-state index in [9.17, 15) is 34.8 Å². The summed E-state index contributed by atoms with van der Waals surface area (Å²) >= 11 is 0. The third-order valence-corrected chi connectivity index (χ3v) is 8.22. The number of nitrogens with one attached hydrogen (secondary N) is 1. The molecule has 1 N–H and O–H groups in total. The second-order valence-electron chi connectivity index (χ2n) is 10.8. The van der Waals surface area contributed by atoms with Gasteiger partial charge in [-0.05, 0) is 54.0 Å². The zero-order valence-corrected chi connectivity index (χ0v) is 21.6. The largest absolute Gasteiger partial charge is 0.417 e. The van der Waals surface area contributed by atoms with Gasteiger partial charge in [0.05, 0.1) is 10.8 Å². The van der Waals surface area contributed by atoms with Crippen LogP contribution in [0.4, 0.5) is 26.3 Å². The van der Waals surface area contributed by atoms with Crippen LogP contribution >= 0.6 is 0 Å². The van der Waals surface area contributed by atoms with Gasteiger partial charge in [-0.15, -0.1) is 0 Å². The number of alkyl halides is 6. The summed E-state index contributed by atoms with van der Waals surface area (Å²) in [7, 11) is -4.20. The number of fused-ring (bicyclic) bond motifs is 1. The molecule has 4 nitrogen and oxygen atoms in total. The molecule has 0 radical (unpaired) electrons. The Kier molecular flexibility index (Phi) is 6.72. The Balaban J connectivity index is 1.94. The molecule has 0 amide bonds. The Morgan fingerprint density at radius 3 is 2.22 bits per heavy atom. The molecule has 1 aliphatic carbocycles. The molecule has 4 rings (SSSR count). The van der Waals surface area contributed by atoms with Crippen LogP contribution < -0.4 is 4.72 Å². The lowest BCUT2D eigenvalue weighted by atomic mass is 9.93. The van der Waals surface area contributed by atoms with E-state index in [0.717, 1.165) is 6.07 Å². The van der Waals surface area contributed by atoms with Crippen molar-refractivity contribution in [2.24, 2.45) is 5.41 Å². The SMILES string of the molecule is Cc1cccc(C(F)(F)F)c1-c1ccc2c(C(NS(=O)(=O)C3CC3)C(F)(F)F)cn(CC(C)(C)C)c2c1. The van der Waals surface area contributed by atoms with E-state index in [4.69, 9.17) is 0 Å². The number of hydrogen-bond acceptors (Lipinski definition) is 2. The number of sulfonamides is 1. The van der Waals surface area contributed by atoms with Gasteiger partial charge in [-0.2, -0.15) is 31.1 Å². The zero-order chi connectivity index (χ0) is 27.6. The first-order valence-corrected chi connectivity index (χ1v) is 13.3. The maximum Gasteiger partial charge on any atom is 0.417 e. The van der Waals surface area contributed by atoms with Crippen molar-refractivity contribution in [3.8, 4) is 11.1 Å². The fraction of sp³-hybridized carbons (Fsp3) is 0.462. The molecule has 11 heteroatoms. The predicted molar refractivity (Wildman–Crippen MR) is 130 cm³/mol. The van der Waals surface area contributed by atoms with Gasteiger partial charge < -0.3 is 4.57 Å². The van der Waals surface area contributed by atoms with Gasteiger partial charge in [0.15, 0.2) is 0 Å². The highest BCUT2D eigenvalue weighted by molar-refractivity contribution is 7.90. The summed E-state index contributed by atoms with van der Waals surface area (Å²) in [5.74, 6) is 0. The molecule has 1 aromatic heterocycles. The molecule has 2 aromatic carbocycles. The molecule has 1 unspecified atom stereocenters. The Morgan fingerprint density at radius 1 is 1.03 bits per heavy atom. The van der Waals surface area contributed by atoms with Crippen molar-refractivity contribution in [1.82, 2.24) is 9.29 Å². The Bertz CT molecular complexity index is 1430. The van der Waals surface area contributed by atoms with Crippen LogP contribution in [-0.2, 0) is 22.7 Å². The average Bonchev–Trinajstić information content (AvgIpc) is 3.54. The van der Waals surface area contributed by atoms with Crippen molar-refractivity contribution in [3.63, 3.8) is 0 Å². The lowest BCUT2D eigenvalue weighted by molar-refractivity contribution is -0.152. The summed E-state index contributed by atoms with van der Waals surface area (Å²) in [5.41, 5.74) is -0.703. The van der Waals surface area contributed by atoms with Crippen molar-refractivity contribution >= 4 is 20.9 Å². The van der Waals surface area contributed by atoms with Crippen molar-refractivity contribution in [3.05, 3.63) is 59.3 Å². The summed E-state index contributed by atoms with van der Waals surface area (Å²) in [4.78, 5) is 0. The van der Waals surface area contributed by atoms with Crippen LogP contribution in [0.5, 0.6) is 0 Å². The number of nitrogens with zero attached hydrogens (tertiary/aromatic N) is 1. The highest BCUT2D eigenvalue weighted by atomic mass is 32.2. The standard InChI is InChI=1S/C26H28F6N2O2S/c1-15-6-5-7-20(25(27,28)29)22(15)16-8-11-18-19(13-34(21(18)12-16)14-24(2,3)4)23(26(30,31)32)33-37(35,36)17-9-10-17/h5-8,11-13,17,23,33H,9-10,14H2,1-4H3. The van der Waals surface area contributed by atoms with Gasteiger partial charge in [0.1, 0.15) is 6.04 Å². The van der Waals surface area contributed by atoms with Crippen LogP contribution in [-0.4, -0.2) is 24.4 Å². The van der Waals surface area contributed by atoms with E-state index < -0.39 is 39.2 Å². The minimum Gasteiger partial charge on any atom is -0.347 e. The monoisotopic (exact) mass is 546 g/mol. The number of aryl methyl sites for hydroxylation is 1. The molecular weight excluding hydrogens is 518 g/mol. The lowest BCUT2D eigenvalue weighted by Crippen LogP contribution is -2.39. The maximum absolute atomic E-state index is 14.2. The molecule has 0 aliphatic heterocycles. The summed E-state index contributed by atoms with van der Waals surface area (Å²) in [5, 5.41) is -0.732. The van der Waals surface area contributed by atoms with Gasteiger partial charge in [-0.25, -0.2) is 8.42 Å². The number of hydrogen-bond donors (Lipinski definition) is 1. The molecule has 0 spiro atoms. The van der Waals surface area contributed by atoms with Gasteiger partial charge in [0.2, 0.25) is 10.0 Å². The molecule has 202 valence electrons. The predicted octanol–water partition coefficient (Wildman–Crippen LogP) is 7.37. The first-order chi connectivity index (χ1) is 16.9. The molecule has 3 aromatic rings. The molecule has 1 atom stereocenters. The highest BCUT2D eigenvalue weighted by Gasteiger charge is 2.48. The molecule has 0 bridgehead atoms. The summed E-state index contributed by atoms with van der Waals surface area (Å²) in [6.07, 6.45) is -7.70.